The second kappa shape index (κ2) is 5.15. The Kier molecular flexibility index (Phi) is 4.89. The van der Waals surface area contributed by atoms with Crippen LogP contribution in [0.3, 0.4) is 0 Å². The topological polar surface area (TPSA) is 27.0 Å². The first kappa shape index (κ1) is 10.4. The number of nitriles is 1. The number of nitrogens with zero attached hydrogens (tertiary/aromatic N) is 2. The lowest BCUT2D eigenvalue weighted by Gasteiger charge is -2.23. The van der Waals surface area contributed by atoms with E-state index in [2.05, 4.69) is 19.9 Å². The molecule has 0 rings (SSSR count). The van der Waals surface area contributed by atoms with Gasteiger partial charge in [-0.2, -0.15) is 5.26 Å². The summed E-state index contributed by atoms with van der Waals surface area (Å²) in [6.45, 7) is 4.29. The van der Waals surface area contributed by atoms with Crippen LogP contribution < -0.4 is 0 Å². The number of hydrogen-bond acceptors (Lipinski definition) is 2. The first-order chi connectivity index (χ1) is 5.13. The van der Waals surface area contributed by atoms with Crippen molar-refractivity contribution >= 4 is 0 Å². The minimum absolute atomic E-state index is 0.0787. The zero-order chi connectivity index (χ0) is 8.85. The average Bonchev–Trinajstić information content (AvgIpc) is 1.88. The molecule has 0 amide bonds. The molecule has 0 aromatic heterocycles. The molecular formula is C9H18N2. The fraction of sp³-hybridized carbons (Fsp3) is 0.889. The van der Waals surface area contributed by atoms with E-state index in [1.54, 1.807) is 0 Å². The van der Waals surface area contributed by atoms with Crippen LogP contribution in [-0.2, 0) is 0 Å². The molecule has 2 unspecified atom stereocenters. The quantitative estimate of drug-likeness (QED) is 0.618. The van der Waals surface area contributed by atoms with Gasteiger partial charge in [-0.25, -0.2) is 0 Å². The Bertz CT molecular complexity index is 135. The van der Waals surface area contributed by atoms with Crippen molar-refractivity contribution in [1.82, 2.24) is 4.90 Å². The molecule has 0 aliphatic rings. The van der Waals surface area contributed by atoms with E-state index in [9.17, 15) is 0 Å². The Balaban J connectivity index is 3.94. The summed E-state index contributed by atoms with van der Waals surface area (Å²) in [5.74, 6) is 0.486. The minimum atomic E-state index is 0.0787. The van der Waals surface area contributed by atoms with Gasteiger partial charge in [0.25, 0.3) is 0 Å². The van der Waals surface area contributed by atoms with Crippen molar-refractivity contribution in [3.05, 3.63) is 0 Å². The molecule has 0 aliphatic heterocycles. The molecule has 0 aromatic rings. The molecule has 0 radical (unpaired) electrons. The summed E-state index contributed by atoms with van der Waals surface area (Å²) in [7, 11) is 3.92. The fourth-order valence-electron chi connectivity index (χ4n) is 1.36. The van der Waals surface area contributed by atoms with E-state index in [0.717, 1.165) is 12.8 Å². The van der Waals surface area contributed by atoms with Crippen molar-refractivity contribution in [2.75, 3.05) is 14.1 Å². The monoisotopic (exact) mass is 154 g/mol. The van der Waals surface area contributed by atoms with Gasteiger partial charge in [0, 0.05) is 0 Å². The fourth-order valence-corrected chi connectivity index (χ4v) is 1.36. The molecule has 0 saturated heterocycles. The Morgan fingerprint density at radius 3 is 2.27 bits per heavy atom. The standard InChI is InChI=1S/C9H18N2/c1-5-6-8(2)9(7-10)11(3)4/h8-9H,5-6H2,1-4H3. The molecule has 0 heterocycles. The van der Waals surface area contributed by atoms with E-state index in [4.69, 9.17) is 5.26 Å². The van der Waals surface area contributed by atoms with Gasteiger partial charge in [-0.1, -0.05) is 20.3 Å². The van der Waals surface area contributed by atoms with Gasteiger partial charge >= 0.3 is 0 Å². The van der Waals surface area contributed by atoms with Crippen LogP contribution in [-0.4, -0.2) is 25.0 Å². The summed E-state index contributed by atoms with van der Waals surface area (Å²) >= 11 is 0. The van der Waals surface area contributed by atoms with E-state index in [1.165, 1.54) is 0 Å². The highest BCUT2D eigenvalue weighted by Crippen LogP contribution is 2.13. The second-order valence-electron chi connectivity index (χ2n) is 3.30. The number of rotatable bonds is 4. The lowest BCUT2D eigenvalue weighted by atomic mass is 9.97. The van der Waals surface area contributed by atoms with Crippen LogP contribution in [0.5, 0.6) is 0 Å². The van der Waals surface area contributed by atoms with Crippen LogP contribution in [0.15, 0.2) is 0 Å². The molecule has 0 spiro atoms. The normalized spacial score (nSPS) is 16.0. The van der Waals surface area contributed by atoms with Crippen molar-refractivity contribution in [3.63, 3.8) is 0 Å². The maximum atomic E-state index is 8.80. The highest BCUT2D eigenvalue weighted by molar-refractivity contribution is 4.92. The summed E-state index contributed by atoms with van der Waals surface area (Å²) in [6, 6.07) is 2.39. The molecule has 0 N–H and O–H groups in total. The summed E-state index contributed by atoms with van der Waals surface area (Å²) < 4.78 is 0. The molecule has 0 bridgehead atoms. The third kappa shape index (κ3) is 3.38. The molecule has 0 aromatic carbocycles. The van der Waals surface area contributed by atoms with Crippen molar-refractivity contribution < 1.29 is 0 Å². The van der Waals surface area contributed by atoms with E-state index < -0.39 is 0 Å². The SMILES string of the molecule is CCCC(C)C(C#N)N(C)C. The molecule has 64 valence electrons. The Morgan fingerprint density at radius 1 is 1.45 bits per heavy atom. The van der Waals surface area contributed by atoms with Crippen molar-refractivity contribution in [2.24, 2.45) is 5.92 Å². The Hall–Kier alpha value is -0.550. The summed E-state index contributed by atoms with van der Waals surface area (Å²) in [5.41, 5.74) is 0. The smallest absolute Gasteiger partial charge is 0.0998 e. The molecule has 2 heteroatoms. The van der Waals surface area contributed by atoms with Crippen LogP contribution in [0.1, 0.15) is 26.7 Å². The maximum Gasteiger partial charge on any atom is 0.0998 e. The van der Waals surface area contributed by atoms with Gasteiger partial charge in [0.05, 0.1) is 12.1 Å². The van der Waals surface area contributed by atoms with Crippen molar-refractivity contribution in [3.8, 4) is 6.07 Å². The molecule has 0 fully saturated rings. The van der Waals surface area contributed by atoms with Crippen LogP contribution in [0.2, 0.25) is 0 Å². The first-order valence-corrected chi connectivity index (χ1v) is 4.19. The molecular weight excluding hydrogens is 136 g/mol. The van der Waals surface area contributed by atoms with E-state index in [-0.39, 0.29) is 6.04 Å². The first-order valence-electron chi connectivity index (χ1n) is 4.19. The second-order valence-corrected chi connectivity index (χ2v) is 3.30. The van der Waals surface area contributed by atoms with Crippen molar-refractivity contribution in [1.29, 1.82) is 5.26 Å². The van der Waals surface area contributed by atoms with Gasteiger partial charge in [-0.15, -0.1) is 0 Å². The number of hydrogen-bond donors (Lipinski definition) is 0. The molecule has 11 heavy (non-hydrogen) atoms. The maximum absolute atomic E-state index is 8.80. The van der Waals surface area contributed by atoms with Gasteiger partial charge in [-0.05, 0) is 26.4 Å². The molecule has 2 atom stereocenters. The highest BCUT2D eigenvalue weighted by atomic mass is 15.1. The Morgan fingerprint density at radius 2 is 2.00 bits per heavy atom. The van der Waals surface area contributed by atoms with E-state index in [1.807, 2.05) is 19.0 Å². The lowest BCUT2D eigenvalue weighted by molar-refractivity contribution is 0.263. The summed E-state index contributed by atoms with van der Waals surface area (Å²) in [6.07, 6.45) is 2.30. The van der Waals surface area contributed by atoms with Gasteiger partial charge in [-0.3, -0.25) is 4.90 Å². The summed E-state index contributed by atoms with van der Waals surface area (Å²) in [5, 5.41) is 8.80. The average molecular weight is 154 g/mol. The molecule has 0 aliphatic carbocycles. The van der Waals surface area contributed by atoms with E-state index in [0.29, 0.717) is 5.92 Å². The predicted octanol–water partition coefficient (Wildman–Crippen LogP) is 1.88. The third-order valence-electron chi connectivity index (χ3n) is 1.97. The van der Waals surface area contributed by atoms with Crippen LogP contribution in [0, 0.1) is 17.2 Å². The highest BCUT2D eigenvalue weighted by Gasteiger charge is 2.17. The van der Waals surface area contributed by atoms with Gasteiger partial charge in [0.2, 0.25) is 0 Å². The van der Waals surface area contributed by atoms with Gasteiger partial charge < -0.3 is 0 Å². The zero-order valence-corrected chi connectivity index (χ0v) is 7.96. The van der Waals surface area contributed by atoms with Crippen LogP contribution >= 0.6 is 0 Å². The van der Waals surface area contributed by atoms with Gasteiger partial charge in [0.1, 0.15) is 0 Å². The minimum Gasteiger partial charge on any atom is -0.294 e. The Labute approximate surface area is 69.8 Å². The molecule has 0 saturated carbocycles. The van der Waals surface area contributed by atoms with Crippen molar-refractivity contribution in [2.45, 2.75) is 32.7 Å². The van der Waals surface area contributed by atoms with Gasteiger partial charge in [0.15, 0.2) is 0 Å². The van der Waals surface area contributed by atoms with Crippen LogP contribution in [0.4, 0.5) is 0 Å². The summed E-state index contributed by atoms with van der Waals surface area (Å²) in [4.78, 5) is 1.99. The zero-order valence-electron chi connectivity index (χ0n) is 7.96. The molecule has 2 nitrogen and oxygen atoms in total. The largest absolute Gasteiger partial charge is 0.294 e. The van der Waals surface area contributed by atoms with E-state index >= 15 is 0 Å². The third-order valence-corrected chi connectivity index (χ3v) is 1.97. The lowest BCUT2D eigenvalue weighted by Crippen LogP contribution is -2.32. The van der Waals surface area contributed by atoms with Crippen LogP contribution in [0.25, 0.3) is 0 Å². The predicted molar refractivity (Wildman–Crippen MR) is 47.2 cm³/mol.